The lowest BCUT2D eigenvalue weighted by molar-refractivity contribution is -0.640. The molecule has 0 N–H and O–H groups in total. The highest BCUT2D eigenvalue weighted by molar-refractivity contribution is 7.16. The van der Waals surface area contributed by atoms with Crippen molar-refractivity contribution < 1.29 is 4.57 Å². The van der Waals surface area contributed by atoms with Crippen LogP contribution in [0.5, 0.6) is 0 Å². The van der Waals surface area contributed by atoms with E-state index in [-0.39, 0.29) is 0 Å². The summed E-state index contributed by atoms with van der Waals surface area (Å²) in [5.74, 6) is 0. The normalized spacial score (nSPS) is 10.7. The second-order valence-corrected chi connectivity index (χ2v) is 3.77. The molecule has 2 aromatic rings. The Morgan fingerprint density at radius 3 is 3.09 bits per heavy atom. The zero-order valence-corrected chi connectivity index (χ0v) is 7.62. The third kappa shape index (κ3) is 1.12. The highest BCUT2D eigenvalue weighted by Crippen LogP contribution is 2.19. The fraction of sp³-hybridized carbons (Fsp3) is 0.125. The zero-order chi connectivity index (χ0) is 7.84. The largest absolute Gasteiger partial charge is 0.225 e. The molecule has 1 nitrogen and oxygen atoms in total. The summed E-state index contributed by atoms with van der Waals surface area (Å²) in [6, 6.07) is 5.94. The molecule has 0 bridgehead atoms. The third-order valence-electron chi connectivity index (χ3n) is 1.64. The number of thiazole rings is 1. The van der Waals surface area contributed by atoms with Gasteiger partial charge < -0.3 is 0 Å². The summed E-state index contributed by atoms with van der Waals surface area (Å²) >= 11 is 7.53. The molecule has 0 amide bonds. The van der Waals surface area contributed by atoms with Gasteiger partial charge in [-0.05, 0) is 12.1 Å². The molecule has 0 saturated carbocycles. The van der Waals surface area contributed by atoms with E-state index < -0.39 is 0 Å². The van der Waals surface area contributed by atoms with Gasteiger partial charge in [-0.1, -0.05) is 22.9 Å². The SMILES string of the molecule is C[n+]1csc2cc(Cl)ccc21. The number of hydrogen-bond acceptors (Lipinski definition) is 1. The van der Waals surface area contributed by atoms with Crippen molar-refractivity contribution in [1.82, 2.24) is 0 Å². The van der Waals surface area contributed by atoms with Gasteiger partial charge in [-0.3, -0.25) is 0 Å². The molecule has 56 valence electrons. The van der Waals surface area contributed by atoms with Crippen molar-refractivity contribution in [3.8, 4) is 0 Å². The van der Waals surface area contributed by atoms with Gasteiger partial charge in [0.15, 0.2) is 0 Å². The Bertz CT molecular complexity index is 394. The molecule has 3 heteroatoms. The fourth-order valence-corrected chi connectivity index (χ4v) is 2.22. The summed E-state index contributed by atoms with van der Waals surface area (Å²) in [6.45, 7) is 0. The molecule has 1 aromatic heterocycles. The van der Waals surface area contributed by atoms with Crippen LogP contribution in [0.4, 0.5) is 0 Å². The number of nitrogens with zero attached hydrogens (tertiary/aromatic N) is 1. The molecule has 0 spiro atoms. The van der Waals surface area contributed by atoms with Crippen molar-refractivity contribution >= 4 is 33.2 Å². The first-order chi connectivity index (χ1) is 5.27. The van der Waals surface area contributed by atoms with Crippen molar-refractivity contribution in [2.75, 3.05) is 0 Å². The second kappa shape index (κ2) is 2.47. The van der Waals surface area contributed by atoms with Gasteiger partial charge in [-0.2, -0.15) is 4.57 Å². The van der Waals surface area contributed by atoms with Crippen LogP contribution in [0.15, 0.2) is 23.7 Å². The van der Waals surface area contributed by atoms with E-state index in [0.717, 1.165) is 5.02 Å². The standard InChI is InChI=1S/C8H7ClNS/c1-10-5-11-8-4-6(9)2-3-7(8)10/h2-5H,1H3/q+1. The number of aromatic nitrogens is 1. The van der Waals surface area contributed by atoms with Crippen LogP contribution >= 0.6 is 22.9 Å². The first-order valence-electron chi connectivity index (χ1n) is 3.30. The molecule has 1 aromatic carbocycles. The predicted octanol–water partition coefficient (Wildman–Crippen LogP) is 2.38. The van der Waals surface area contributed by atoms with Crippen molar-refractivity contribution in [2.24, 2.45) is 7.05 Å². The zero-order valence-electron chi connectivity index (χ0n) is 6.04. The number of fused-ring (bicyclic) bond motifs is 1. The Morgan fingerprint density at radius 1 is 1.45 bits per heavy atom. The van der Waals surface area contributed by atoms with E-state index in [9.17, 15) is 0 Å². The quantitative estimate of drug-likeness (QED) is 0.554. The van der Waals surface area contributed by atoms with E-state index >= 15 is 0 Å². The minimum atomic E-state index is 0.806. The van der Waals surface area contributed by atoms with Crippen molar-refractivity contribution in [2.45, 2.75) is 0 Å². The van der Waals surface area contributed by atoms with Crippen LogP contribution in [0.1, 0.15) is 0 Å². The fourth-order valence-electron chi connectivity index (χ4n) is 1.07. The van der Waals surface area contributed by atoms with Gasteiger partial charge in [0.25, 0.3) is 0 Å². The third-order valence-corrected chi connectivity index (χ3v) is 2.88. The van der Waals surface area contributed by atoms with E-state index in [2.05, 4.69) is 10.1 Å². The maximum atomic E-state index is 5.83. The molecule has 0 aliphatic carbocycles. The molecule has 0 saturated heterocycles. The Morgan fingerprint density at radius 2 is 2.27 bits per heavy atom. The highest BCUT2D eigenvalue weighted by Gasteiger charge is 2.06. The molecule has 2 rings (SSSR count). The van der Waals surface area contributed by atoms with Crippen LogP contribution < -0.4 is 4.57 Å². The van der Waals surface area contributed by atoms with Gasteiger partial charge in [0, 0.05) is 11.1 Å². The minimum Gasteiger partial charge on any atom is -0.191 e. The summed E-state index contributed by atoms with van der Waals surface area (Å²) in [7, 11) is 2.03. The van der Waals surface area contributed by atoms with Crippen molar-refractivity contribution in [1.29, 1.82) is 0 Å². The molecule has 0 aliphatic rings. The number of benzene rings is 1. The van der Waals surface area contributed by atoms with Crippen LogP contribution in [0.2, 0.25) is 5.02 Å². The lowest BCUT2D eigenvalue weighted by atomic mass is 10.3. The van der Waals surface area contributed by atoms with Crippen LogP contribution in [0.25, 0.3) is 10.2 Å². The summed E-state index contributed by atoms with van der Waals surface area (Å²) in [6.07, 6.45) is 0. The molecular formula is C8H7ClNS+. The second-order valence-electron chi connectivity index (χ2n) is 2.45. The molecule has 11 heavy (non-hydrogen) atoms. The highest BCUT2D eigenvalue weighted by atomic mass is 35.5. The summed E-state index contributed by atoms with van der Waals surface area (Å²) in [5.41, 5.74) is 3.31. The Balaban J connectivity index is 2.86. The smallest absolute Gasteiger partial charge is 0.191 e. The molecule has 0 unspecified atom stereocenters. The van der Waals surface area contributed by atoms with Crippen LogP contribution in [0, 0.1) is 0 Å². The van der Waals surface area contributed by atoms with Crippen LogP contribution in [0.3, 0.4) is 0 Å². The predicted molar refractivity (Wildman–Crippen MR) is 48.0 cm³/mol. The molecule has 1 heterocycles. The number of hydrogen-bond donors (Lipinski definition) is 0. The maximum Gasteiger partial charge on any atom is 0.225 e. The first-order valence-corrected chi connectivity index (χ1v) is 4.55. The summed E-state index contributed by atoms with van der Waals surface area (Å²) in [4.78, 5) is 0. The molecular weight excluding hydrogens is 178 g/mol. The van der Waals surface area contributed by atoms with Crippen molar-refractivity contribution in [3.63, 3.8) is 0 Å². The minimum absolute atomic E-state index is 0.806. The Hall–Kier alpha value is -0.600. The van der Waals surface area contributed by atoms with Gasteiger partial charge in [-0.15, -0.1) is 0 Å². The van der Waals surface area contributed by atoms with Gasteiger partial charge in [0.1, 0.15) is 11.7 Å². The van der Waals surface area contributed by atoms with Crippen LogP contribution in [-0.2, 0) is 7.05 Å². The molecule has 0 radical (unpaired) electrons. The number of aryl methyl sites for hydroxylation is 1. The van der Waals surface area contributed by atoms with Gasteiger partial charge >= 0.3 is 0 Å². The maximum absolute atomic E-state index is 5.83. The number of rotatable bonds is 0. The molecule has 0 aliphatic heterocycles. The van der Waals surface area contributed by atoms with Gasteiger partial charge in [-0.25, -0.2) is 0 Å². The Kier molecular flexibility index (Phi) is 1.59. The van der Waals surface area contributed by atoms with Gasteiger partial charge in [0.05, 0.1) is 0 Å². The topological polar surface area (TPSA) is 3.88 Å². The monoisotopic (exact) mass is 184 g/mol. The van der Waals surface area contributed by atoms with E-state index in [1.807, 2.05) is 25.2 Å². The van der Waals surface area contributed by atoms with Crippen molar-refractivity contribution in [3.05, 3.63) is 28.7 Å². The summed E-state index contributed by atoms with van der Waals surface area (Å²) < 4.78 is 3.33. The van der Waals surface area contributed by atoms with Gasteiger partial charge in [0.2, 0.25) is 11.0 Å². The van der Waals surface area contributed by atoms with Crippen LogP contribution in [-0.4, -0.2) is 0 Å². The van der Waals surface area contributed by atoms with E-state index in [0.29, 0.717) is 0 Å². The van der Waals surface area contributed by atoms with E-state index in [4.69, 9.17) is 11.6 Å². The first kappa shape index (κ1) is 7.07. The molecule has 0 atom stereocenters. The van der Waals surface area contributed by atoms with E-state index in [1.54, 1.807) is 11.3 Å². The molecule has 0 fully saturated rings. The summed E-state index contributed by atoms with van der Waals surface area (Å²) in [5, 5.41) is 0.806. The lowest BCUT2D eigenvalue weighted by Gasteiger charge is -1.85. The van der Waals surface area contributed by atoms with E-state index in [1.165, 1.54) is 10.2 Å². The average molecular weight is 185 g/mol. The number of halogens is 1. The Labute approximate surface area is 73.9 Å². The average Bonchev–Trinajstić information content (AvgIpc) is 2.32. The lowest BCUT2D eigenvalue weighted by Crippen LogP contribution is -2.24.